The minimum absolute atomic E-state index is 0.0146. The normalized spacial score (nSPS) is 14.8. The van der Waals surface area contributed by atoms with Gasteiger partial charge in [-0.25, -0.2) is 0 Å². The van der Waals surface area contributed by atoms with E-state index in [4.69, 9.17) is 17.3 Å². The highest BCUT2D eigenvalue weighted by Crippen LogP contribution is 2.22. The lowest BCUT2D eigenvalue weighted by Crippen LogP contribution is -2.00. The first-order valence-electron chi connectivity index (χ1n) is 10.3. The molecule has 2 atom stereocenters. The number of aliphatic hydroxyl groups excluding tert-OH is 1. The third kappa shape index (κ3) is 17.3. The van der Waals surface area contributed by atoms with E-state index in [0.29, 0.717) is 4.20 Å². The minimum atomic E-state index is 0.0146. The molecular weight excluding hydrogens is 344 g/mol. The first-order valence-corrected chi connectivity index (χ1v) is 11.7. The first kappa shape index (κ1) is 25.1. The Balaban J connectivity index is 3.64. The monoisotopic (exact) mass is 386 g/mol. The van der Waals surface area contributed by atoms with Crippen molar-refractivity contribution in [1.82, 2.24) is 0 Å². The smallest absolute Gasteiger partial charge is 0.0843 e. The molecule has 0 unspecified atom stereocenters. The van der Waals surface area contributed by atoms with Crippen LogP contribution in [0.25, 0.3) is 0 Å². The van der Waals surface area contributed by atoms with Crippen LogP contribution in [0, 0.1) is 17.8 Å². The van der Waals surface area contributed by atoms with Crippen molar-refractivity contribution in [1.29, 1.82) is 0 Å². The van der Waals surface area contributed by atoms with E-state index in [2.05, 4.69) is 40.7 Å². The van der Waals surface area contributed by atoms with Gasteiger partial charge in [0.1, 0.15) is 0 Å². The van der Waals surface area contributed by atoms with Crippen LogP contribution < -0.4 is 0 Å². The highest BCUT2D eigenvalue weighted by molar-refractivity contribution is 8.23. The summed E-state index contributed by atoms with van der Waals surface area (Å²) in [7, 11) is 0. The number of rotatable bonds is 15. The van der Waals surface area contributed by atoms with Crippen molar-refractivity contribution in [2.45, 2.75) is 92.4 Å². The highest BCUT2D eigenvalue weighted by atomic mass is 32.2. The van der Waals surface area contributed by atoms with Gasteiger partial charge in [0.15, 0.2) is 0 Å². The molecule has 0 amide bonds. The predicted octanol–water partition coefficient (Wildman–Crippen LogP) is 7.42. The Labute approximate surface area is 167 Å². The van der Waals surface area contributed by atoms with Crippen LogP contribution in [0.5, 0.6) is 0 Å². The molecule has 148 valence electrons. The predicted molar refractivity (Wildman–Crippen MR) is 121 cm³/mol. The number of hydrogen-bond donors (Lipinski definition) is 1. The summed E-state index contributed by atoms with van der Waals surface area (Å²) in [5.74, 6) is 3.51. The van der Waals surface area contributed by atoms with Gasteiger partial charge in [0.25, 0.3) is 0 Å². The second-order valence-electron chi connectivity index (χ2n) is 8.25. The lowest BCUT2D eigenvalue weighted by molar-refractivity contribution is 0.362. The van der Waals surface area contributed by atoms with Crippen LogP contribution in [0.2, 0.25) is 0 Å². The second-order valence-corrected chi connectivity index (χ2v) is 10.1. The molecule has 0 spiro atoms. The zero-order valence-corrected chi connectivity index (χ0v) is 19.0. The topological polar surface area (TPSA) is 20.2 Å². The van der Waals surface area contributed by atoms with Crippen LogP contribution in [-0.2, 0) is 0 Å². The van der Waals surface area contributed by atoms with E-state index in [9.17, 15) is 0 Å². The molecule has 0 saturated carbocycles. The number of hydrogen-bond acceptors (Lipinski definition) is 3. The van der Waals surface area contributed by atoms with Crippen LogP contribution in [-0.4, -0.2) is 21.7 Å². The van der Waals surface area contributed by atoms with Crippen molar-refractivity contribution >= 4 is 28.2 Å². The zero-order chi connectivity index (χ0) is 19.1. The van der Waals surface area contributed by atoms with Gasteiger partial charge in [0.2, 0.25) is 0 Å². The summed E-state index contributed by atoms with van der Waals surface area (Å²) in [5, 5.41) is 8.89. The van der Waals surface area contributed by atoms with Crippen LogP contribution in [0.4, 0.5) is 0 Å². The molecule has 0 aliphatic carbocycles. The van der Waals surface area contributed by atoms with Crippen molar-refractivity contribution in [2.24, 2.45) is 17.8 Å². The molecule has 0 aromatic rings. The largest absolute Gasteiger partial charge is 0.390 e. The number of aliphatic hydroxyl groups is 1. The molecule has 0 aliphatic rings. The van der Waals surface area contributed by atoms with E-state index in [1.54, 1.807) is 11.8 Å². The Morgan fingerprint density at radius 1 is 0.920 bits per heavy atom. The first-order chi connectivity index (χ1) is 11.8. The van der Waals surface area contributed by atoms with E-state index in [1.165, 1.54) is 63.4 Å². The fourth-order valence-electron chi connectivity index (χ4n) is 3.13. The van der Waals surface area contributed by atoms with Gasteiger partial charge in [-0.15, -0.1) is 11.8 Å². The summed E-state index contributed by atoms with van der Waals surface area (Å²) < 4.78 is 0.691. The molecule has 25 heavy (non-hydrogen) atoms. The molecule has 0 heterocycles. The maximum atomic E-state index is 8.89. The van der Waals surface area contributed by atoms with Gasteiger partial charge in [-0.2, -0.15) is 0 Å². The molecule has 0 rings (SSSR count). The molecule has 0 fully saturated rings. The van der Waals surface area contributed by atoms with E-state index in [1.807, 2.05) is 0 Å². The SMILES string of the molecule is C/C(=C\CSC(=S)CO)CCC[C@H](C)CCC[C@H](C)CCCC(C)C. The highest BCUT2D eigenvalue weighted by Gasteiger charge is 2.06. The van der Waals surface area contributed by atoms with Crippen LogP contribution >= 0.6 is 24.0 Å². The molecule has 0 aromatic heterocycles. The number of thiocarbonyl (C=S) groups is 1. The summed E-state index contributed by atoms with van der Waals surface area (Å²) in [4.78, 5) is 0. The second kappa shape index (κ2) is 16.3. The Kier molecular flexibility index (Phi) is 16.4. The molecule has 3 heteroatoms. The van der Waals surface area contributed by atoms with Crippen molar-refractivity contribution in [3.63, 3.8) is 0 Å². The Bertz CT molecular complexity index is 363. The third-order valence-corrected chi connectivity index (χ3v) is 6.21. The van der Waals surface area contributed by atoms with Crippen LogP contribution in [0.3, 0.4) is 0 Å². The van der Waals surface area contributed by atoms with Crippen molar-refractivity contribution in [2.75, 3.05) is 12.4 Å². The van der Waals surface area contributed by atoms with Gasteiger partial charge in [0.05, 0.1) is 10.8 Å². The van der Waals surface area contributed by atoms with Gasteiger partial charge in [-0.05, 0) is 37.5 Å². The summed E-state index contributed by atoms with van der Waals surface area (Å²) in [5.41, 5.74) is 1.46. The average molecular weight is 387 g/mol. The van der Waals surface area contributed by atoms with E-state index >= 15 is 0 Å². The Morgan fingerprint density at radius 3 is 1.96 bits per heavy atom. The summed E-state index contributed by atoms with van der Waals surface area (Å²) in [6.45, 7) is 11.7. The number of thioether (sulfide) groups is 1. The minimum Gasteiger partial charge on any atom is -0.390 e. The Morgan fingerprint density at radius 2 is 1.44 bits per heavy atom. The van der Waals surface area contributed by atoms with Crippen LogP contribution in [0.15, 0.2) is 11.6 Å². The quantitative estimate of drug-likeness (QED) is 0.233. The molecule has 1 N–H and O–H groups in total. The molecular formula is C22H42OS2. The fourth-order valence-corrected chi connectivity index (χ4v) is 3.98. The molecule has 0 bridgehead atoms. The summed E-state index contributed by atoms with van der Waals surface area (Å²) >= 11 is 6.58. The molecule has 0 aliphatic heterocycles. The van der Waals surface area contributed by atoms with Gasteiger partial charge in [0, 0.05) is 5.75 Å². The Hall–Kier alpha value is 0.140. The van der Waals surface area contributed by atoms with Gasteiger partial charge in [-0.3, -0.25) is 0 Å². The maximum absolute atomic E-state index is 8.89. The summed E-state index contributed by atoms with van der Waals surface area (Å²) in [6, 6.07) is 0. The van der Waals surface area contributed by atoms with E-state index in [0.717, 1.165) is 23.5 Å². The van der Waals surface area contributed by atoms with Gasteiger partial charge in [-0.1, -0.05) is 96.5 Å². The van der Waals surface area contributed by atoms with Crippen LogP contribution in [0.1, 0.15) is 92.4 Å². The average Bonchev–Trinajstić information content (AvgIpc) is 2.54. The zero-order valence-electron chi connectivity index (χ0n) is 17.4. The molecule has 1 nitrogen and oxygen atoms in total. The fraction of sp³-hybridized carbons (Fsp3) is 0.864. The van der Waals surface area contributed by atoms with Crippen molar-refractivity contribution in [3.8, 4) is 0 Å². The lowest BCUT2D eigenvalue weighted by Gasteiger charge is -2.15. The van der Waals surface area contributed by atoms with E-state index < -0.39 is 0 Å². The van der Waals surface area contributed by atoms with E-state index in [-0.39, 0.29) is 6.61 Å². The summed E-state index contributed by atoms with van der Waals surface area (Å²) in [6.07, 6.45) is 14.5. The van der Waals surface area contributed by atoms with Gasteiger partial charge < -0.3 is 5.11 Å². The third-order valence-electron chi connectivity index (χ3n) is 4.95. The maximum Gasteiger partial charge on any atom is 0.0843 e. The van der Waals surface area contributed by atoms with Crippen molar-refractivity contribution < 1.29 is 5.11 Å². The molecule has 0 saturated heterocycles. The van der Waals surface area contributed by atoms with Gasteiger partial charge >= 0.3 is 0 Å². The lowest BCUT2D eigenvalue weighted by atomic mass is 9.91. The molecule has 0 aromatic carbocycles. The number of allylic oxidation sites excluding steroid dienone is 1. The standard InChI is InChI=1S/C22H42OS2/c1-18(2)9-6-10-19(3)11-7-12-20(4)13-8-14-21(5)15-16-25-22(24)17-23/h15,18-20,23H,6-14,16-17H2,1-5H3/b21-15+/t19-,20-/m1/s1. The molecule has 0 radical (unpaired) electrons. The van der Waals surface area contributed by atoms with Crippen molar-refractivity contribution in [3.05, 3.63) is 11.6 Å².